The summed E-state index contributed by atoms with van der Waals surface area (Å²) in [5, 5.41) is 1.62. The van der Waals surface area contributed by atoms with Gasteiger partial charge in [-0.3, -0.25) is 0 Å². The third kappa shape index (κ3) is 3.55. The van der Waals surface area contributed by atoms with Gasteiger partial charge < -0.3 is 10.5 Å². The van der Waals surface area contributed by atoms with Crippen molar-refractivity contribution in [3.63, 3.8) is 0 Å². The monoisotopic (exact) mass is 326 g/mol. The van der Waals surface area contributed by atoms with E-state index in [2.05, 4.69) is 0 Å². The summed E-state index contributed by atoms with van der Waals surface area (Å²) in [6.45, 7) is 2.68. The van der Waals surface area contributed by atoms with Gasteiger partial charge in [-0.25, -0.2) is 8.42 Å². The zero-order chi connectivity index (χ0) is 15.5. The maximum absolute atomic E-state index is 12.5. The van der Waals surface area contributed by atoms with Crippen LogP contribution in [-0.4, -0.2) is 26.4 Å². The average molecular weight is 326 g/mol. The predicted molar refractivity (Wildman–Crippen MR) is 85.0 cm³/mol. The molecule has 0 fully saturated rings. The fraction of sp³-hybridized carbons (Fsp3) is 0.286. The fourth-order valence-electron chi connectivity index (χ4n) is 1.87. The van der Waals surface area contributed by atoms with Gasteiger partial charge in [-0.05, 0) is 19.1 Å². The van der Waals surface area contributed by atoms with Crippen LogP contribution in [0.3, 0.4) is 0 Å². The Hall–Kier alpha value is -1.57. The third-order valence-corrected chi connectivity index (χ3v) is 6.16. The molecule has 5 nitrogen and oxygen atoms in total. The molecule has 2 rings (SSSR count). The van der Waals surface area contributed by atoms with Crippen LogP contribution in [0.25, 0.3) is 0 Å². The summed E-state index contributed by atoms with van der Waals surface area (Å²) in [5.41, 5.74) is 6.89. The molecule has 114 valence electrons. The number of anilines is 1. The first-order valence-electron chi connectivity index (χ1n) is 6.46. The summed E-state index contributed by atoms with van der Waals surface area (Å²) in [6.07, 6.45) is 0. The minimum atomic E-state index is -3.53. The first-order valence-corrected chi connectivity index (χ1v) is 8.78. The first-order chi connectivity index (χ1) is 9.95. The summed E-state index contributed by atoms with van der Waals surface area (Å²) in [6, 6.07) is 8.90. The van der Waals surface area contributed by atoms with Gasteiger partial charge in [0.1, 0.15) is 9.96 Å². The summed E-state index contributed by atoms with van der Waals surface area (Å²) in [5.74, 6) is 0.702. The molecule has 2 aromatic rings. The van der Waals surface area contributed by atoms with Crippen LogP contribution in [0.15, 0.2) is 39.9 Å². The van der Waals surface area contributed by atoms with E-state index in [0.29, 0.717) is 18.0 Å². The molecular formula is C14H18N2O3S2. The third-order valence-electron chi connectivity index (χ3n) is 2.93. The average Bonchev–Trinajstić information content (AvgIpc) is 2.88. The topological polar surface area (TPSA) is 72.6 Å². The Labute approximate surface area is 129 Å². The lowest BCUT2D eigenvalue weighted by atomic mass is 10.2. The van der Waals surface area contributed by atoms with Gasteiger partial charge in [0, 0.05) is 30.2 Å². The zero-order valence-electron chi connectivity index (χ0n) is 11.9. The number of para-hydroxylation sites is 1. The van der Waals surface area contributed by atoms with Crippen molar-refractivity contribution in [3.05, 3.63) is 41.3 Å². The van der Waals surface area contributed by atoms with E-state index in [4.69, 9.17) is 10.5 Å². The Morgan fingerprint density at radius 2 is 2.05 bits per heavy atom. The van der Waals surface area contributed by atoms with Gasteiger partial charge >= 0.3 is 0 Å². The zero-order valence-corrected chi connectivity index (χ0v) is 13.6. The molecule has 2 N–H and O–H groups in total. The van der Waals surface area contributed by atoms with E-state index >= 15 is 0 Å². The summed E-state index contributed by atoms with van der Waals surface area (Å²) < 4.78 is 32.0. The molecule has 21 heavy (non-hydrogen) atoms. The first kappa shape index (κ1) is 15.8. The van der Waals surface area contributed by atoms with Crippen LogP contribution in [0.2, 0.25) is 0 Å². The van der Waals surface area contributed by atoms with Crippen LogP contribution in [0.4, 0.5) is 5.69 Å². The highest BCUT2D eigenvalue weighted by molar-refractivity contribution is 7.91. The van der Waals surface area contributed by atoms with Crippen molar-refractivity contribution in [2.24, 2.45) is 0 Å². The quantitative estimate of drug-likeness (QED) is 0.885. The molecule has 0 saturated carbocycles. The molecule has 0 atom stereocenters. The molecule has 0 spiro atoms. The van der Waals surface area contributed by atoms with Crippen molar-refractivity contribution in [3.8, 4) is 5.75 Å². The highest BCUT2D eigenvalue weighted by Gasteiger charge is 2.23. The number of nitrogens with two attached hydrogens (primary N) is 1. The predicted octanol–water partition coefficient (Wildman–Crippen LogP) is 2.55. The van der Waals surface area contributed by atoms with Gasteiger partial charge in [-0.2, -0.15) is 4.31 Å². The van der Waals surface area contributed by atoms with E-state index in [9.17, 15) is 8.42 Å². The molecule has 0 amide bonds. The van der Waals surface area contributed by atoms with Gasteiger partial charge in [0.15, 0.2) is 0 Å². The molecule has 7 heteroatoms. The number of rotatable bonds is 6. The lowest BCUT2D eigenvalue weighted by Gasteiger charge is -2.18. The minimum absolute atomic E-state index is 0.246. The van der Waals surface area contributed by atoms with Crippen LogP contribution in [0.5, 0.6) is 5.75 Å². The van der Waals surface area contributed by atoms with Gasteiger partial charge in [0.25, 0.3) is 10.0 Å². The van der Waals surface area contributed by atoms with E-state index in [1.54, 1.807) is 12.4 Å². The molecule has 0 aliphatic carbocycles. The van der Waals surface area contributed by atoms with Crippen LogP contribution < -0.4 is 10.5 Å². The number of ether oxygens (including phenoxy) is 1. The SMILES string of the molecule is CCOc1ccccc1CN(C)S(=O)(=O)c1cc(N)cs1. The van der Waals surface area contributed by atoms with Crippen molar-refractivity contribution in [2.75, 3.05) is 19.4 Å². The Balaban J connectivity index is 2.23. The number of nitrogen functional groups attached to an aromatic ring is 1. The second-order valence-electron chi connectivity index (χ2n) is 4.50. The highest BCUT2D eigenvalue weighted by atomic mass is 32.2. The Kier molecular flexibility index (Phi) is 4.87. The van der Waals surface area contributed by atoms with Gasteiger partial charge in [0.05, 0.1) is 6.61 Å². The van der Waals surface area contributed by atoms with E-state index in [0.717, 1.165) is 16.9 Å². The molecule has 1 heterocycles. The fourth-order valence-corrected chi connectivity index (χ4v) is 4.31. The molecule has 0 radical (unpaired) electrons. The summed E-state index contributed by atoms with van der Waals surface area (Å²) in [4.78, 5) is 0. The molecule has 0 saturated heterocycles. The van der Waals surface area contributed by atoms with Crippen LogP contribution in [0, 0.1) is 0 Å². The number of hydrogen-bond acceptors (Lipinski definition) is 5. The van der Waals surface area contributed by atoms with Crippen LogP contribution in [0.1, 0.15) is 12.5 Å². The van der Waals surface area contributed by atoms with Gasteiger partial charge in [-0.1, -0.05) is 18.2 Å². The largest absolute Gasteiger partial charge is 0.494 e. The maximum atomic E-state index is 12.5. The van der Waals surface area contributed by atoms with Crippen LogP contribution in [-0.2, 0) is 16.6 Å². The number of benzene rings is 1. The lowest BCUT2D eigenvalue weighted by Crippen LogP contribution is -2.26. The summed E-state index contributed by atoms with van der Waals surface area (Å²) >= 11 is 1.12. The Morgan fingerprint density at radius 3 is 2.67 bits per heavy atom. The normalized spacial score (nSPS) is 11.8. The molecule has 1 aromatic heterocycles. The van der Waals surface area contributed by atoms with Crippen LogP contribution >= 0.6 is 11.3 Å². The second kappa shape index (κ2) is 6.46. The number of nitrogens with zero attached hydrogens (tertiary/aromatic N) is 1. The van der Waals surface area contributed by atoms with Crippen molar-refractivity contribution >= 4 is 27.0 Å². The number of thiophene rings is 1. The molecule has 1 aromatic carbocycles. The van der Waals surface area contributed by atoms with Crippen molar-refractivity contribution < 1.29 is 13.2 Å². The van der Waals surface area contributed by atoms with Crippen molar-refractivity contribution in [1.29, 1.82) is 0 Å². The lowest BCUT2D eigenvalue weighted by molar-refractivity contribution is 0.332. The van der Waals surface area contributed by atoms with E-state index in [-0.39, 0.29) is 10.8 Å². The Morgan fingerprint density at radius 1 is 1.33 bits per heavy atom. The van der Waals surface area contributed by atoms with Gasteiger partial charge in [0.2, 0.25) is 0 Å². The molecule has 0 bridgehead atoms. The van der Waals surface area contributed by atoms with E-state index in [1.165, 1.54) is 10.4 Å². The minimum Gasteiger partial charge on any atom is -0.494 e. The number of hydrogen-bond donors (Lipinski definition) is 1. The van der Waals surface area contributed by atoms with E-state index < -0.39 is 10.0 Å². The standard InChI is InChI=1S/C14H18N2O3S2/c1-3-19-13-7-5-4-6-11(13)9-16(2)21(17,18)14-8-12(15)10-20-14/h4-8,10H,3,9,15H2,1-2H3. The smallest absolute Gasteiger partial charge is 0.252 e. The Bertz CT molecular complexity index is 711. The van der Waals surface area contributed by atoms with E-state index in [1.807, 2.05) is 31.2 Å². The van der Waals surface area contributed by atoms with Crippen molar-refractivity contribution in [2.45, 2.75) is 17.7 Å². The maximum Gasteiger partial charge on any atom is 0.252 e. The number of sulfonamides is 1. The molecular weight excluding hydrogens is 308 g/mol. The second-order valence-corrected chi connectivity index (χ2v) is 7.68. The van der Waals surface area contributed by atoms with Gasteiger partial charge in [-0.15, -0.1) is 11.3 Å². The molecule has 0 aliphatic rings. The van der Waals surface area contributed by atoms with Crippen molar-refractivity contribution in [1.82, 2.24) is 4.31 Å². The molecule has 0 aliphatic heterocycles. The summed E-state index contributed by atoms with van der Waals surface area (Å²) in [7, 11) is -1.98. The molecule has 0 unspecified atom stereocenters. The highest BCUT2D eigenvalue weighted by Crippen LogP contribution is 2.27.